The van der Waals surface area contributed by atoms with Crippen molar-refractivity contribution in [1.82, 2.24) is 9.97 Å². The van der Waals surface area contributed by atoms with E-state index in [-0.39, 0.29) is 5.95 Å². The molecule has 2 aromatic rings. The van der Waals surface area contributed by atoms with Gasteiger partial charge in [0.2, 0.25) is 5.95 Å². The van der Waals surface area contributed by atoms with Gasteiger partial charge in [-0.15, -0.1) is 0 Å². The molecule has 0 fully saturated rings. The Kier molecular flexibility index (Phi) is 3.98. The zero-order valence-electron chi connectivity index (χ0n) is 12.3. The summed E-state index contributed by atoms with van der Waals surface area (Å²) >= 11 is 0. The number of rotatable bonds is 4. The number of nitrogens with zero attached hydrogens (tertiary/aromatic N) is 2. The number of ether oxygens (including phenoxy) is 2. The molecule has 0 atom stereocenters. The van der Waals surface area contributed by atoms with Crippen LogP contribution < -0.4 is 20.9 Å². The van der Waals surface area contributed by atoms with Gasteiger partial charge in [-0.25, -0.2) is 4.98 Å². The number of aromatic nitrogens is 2. The van der Waals surface area contributed by atoms with Gasteiger partial charge in [0.25, 0.3) is 0 Å². The smallest absolute Gasteiger partial charge is 0.221 e. The molecule has 0 saturated heterocycles. The van der Waals surface area contributed by atoms with Crippen molar-refractivity contribution in [1.29, 1.82) is 0 Å². The lowest BCUT2D eigenvalue weighted by atomic mass is 10.00. The molecule has 0 aliphatic heterocycles. The van der Waals surface area contributed by atoms with Crippen LogP contribution in [0.15, 0.2) is 24.9 Å². The molecule has 0 saturated carbocycles. The van der Waals surface area contributed by atoms with Gasteiger partial charge in [-0.1, -0.05) is 6.58 Å². The van der Waals surface area contributed by atoms with Crippen molar-refractivity contribution in [2.24, 2.45) is 0 Å². The number of nitrogen functional groups attached to an aromatic ring is 2. The molecular weight excluding hydrogens is 268 g/mol. The van der Waals surface area contributed by atoms with E-state index in [0.29, 0.717) is 22.9 Å². The van der Waals surface area contributed by atoms with Crippen LogP contribution >= 0.6 is 0 Å². The van der Waals surface area contributed by atoms with Gasteiger partial charge >= 0.3 is 0 Å². The lowest BCUT2D eigenvalue weighted by Crippen LogP contribution is -2.02. The lowest BCUT2D eigenvalue weighted by Gasteiger charge is -2.16. The van der Waals surface area contributed by atoms with Crippen LogP contribution in [0.5, 0.6) is 11.5 Å². The Morgan fingerprint density at radius 1 is 1.14 bits per heavy atom. The zero-order valence-corrected chi connectivity index (χ0v) is 12.3. The maximum absolute atomic E-state index is 5.90. The number of methoxy groups -OCH3 is 2. The third-order valence-electron chi connectivity index (χ3n) is 3.08. The largest absolute Gasteiger partial charge is 0.496 e. The van der Waals surface area contributed by atoms with Crippen molar-refractivity contribution in [2.75, 3.05) is 25.7 Å². The summed E-state index contributed by atoms with van der Waals surface area (Å²) in [5, 5.41) is 0. The van der Waals surface area contributed by atoms with Crippen molar-refractivity contribution in [3.8, 4) is 22.6 Å². The molecule has 21 heavy (non-hydrogen) atoms. The van der Waals surface area contributed by atoms with Crippen molar-refractivity contribution < 1.29 is 9.47 Å². The maximum Gasteiger partial charge on any atom is 0.221 e. The number of benzene rings is 1. The van der Waals surface area contributed by atoms with E-state index in [0.717, 1.165) is 16.7 Å². The third kappa shape index (κ3) is 2.74. The van der Waals surface area contributed by atoms with E-state index in [1.54, 1.807) is 20.4 Å². The van der Waals surface area contributed by atoms with E-state index in [4.69, 9.17) is 20.9 Å². The Bertz CT molecular complexity index is 673. The first kappa shape index (κ1) is 14.6. The van der Waals surface area contributed by atoms with Gasteiger partial charge in [0.1, 0.15) is 17.3 Å². The van der Waals surface area contributed by atoms with Crippen LogP contribution in [0.1, 0.15) is 12.5 Å². The molecule has 6 nitrogen and oxygen atoms in total. The quantitative estimate of drug-likeness (QED) is 0.895. The molecular formula is C15H18N4O2. The predicted molar refractivity (Wildman–Crippen MR) is 84.1 cm³/mol. The SMILES string of the molecule is C=C(C)c1c(OC)cc(-c2cnc(N)nc2N)cc1OC. The van der Waals surface area contributed by atoms with Crippen LogP contribution in [0.2, 0.25) is 0 Å². The van der Waals surface area contributed by atoms with Crippen molar-refractivity contribution in [3.05, 3.63) is 30.5 Å². The highest BCUT2D eigenvalue weighted by Gasteiger charge is 2.16. The highest BCUT2D eigenvalue weighted by molar-refractivity contribution is 5.81. The summed E-state index contributed by atoms with van der Waals surface area (Å²) in [4.78, 5) is 7.94. The fourth-order valence-corrected chi connectivity index (χ4v) is 2.12. The molecule has 0 bridgehead atoms. The predicted octanol–water partition coefficient (Wildman–Crippen LogP) is 2.36. The van der Waals surface area contributed by atoms with E-state index in [1.165, 1.54) is 0 Å². The fourth-order valence-electron chi connectivity index (χ4n) is 2.12. The number of anilines is 2. The second kappa shape index (κ2) is 5.70. The molecule has 6 heteroatoms. The van der Waals surface area contributed by atoms with Gasteiger partial charge in [0, 0.05) is 11.8 Å². The lowest BCUT2D eigenvalue weighted by molar-refractivity contribution is 0.392. The van der Waals surface area contributed by atoms with Crippen LogP contribution in [0.25, 0.3) is 16.7 Å². The number of hydrogen-bond acceptors (Lipinski definition) is 6. The minimum absolute atomic E-state index is 0.133. The summed E-state index contributed by atoms with van der Waals surface area (Å²) in [5.41, 5.74) is 14.5. The van der Waals surface area contributed by atoms with Gasteiger partial charge < -0.3 is 20.9 Å². The molecule has 110 valence electrons. The Balaban J connectivity index is 2.68. The molecule has 0 aliphatic rings. The average Bonchev–Trinajstić information content (AvgIpc) is 2.45. The van der Waals surface area contributed by atoms with E-state index >= 15 is 0 Å². The van der Waals surface area contributed by atoms with Gasteiger partial charge in [0.15, 0.2) is 0 Å². The van der Waals surface area contributed by atoms with Crippen molar-refractivity contribution in [3.63, 3.8) is 0 Å². The van der Waals surface area contributed by atoms with Gasteiger partial charge in [-0.2, -0.15) is 4.98 Å². The first-order valence-corrected chi connectivity index (χ1v) is 6.28. The molecule has 1 heterocycles. The summed E-state index contributed by atoms with van der Waals surface area (Å²) in [7, 11) is 3.18. The van der Waals surface area contributed by atoms with Gasteiger partial charge in [-0.05, 0) is 30.2 Å². The van der Waals surface area contributed by atoms with Gasteiger partial charge in [0.05, 0.1) is 19.8 Å². The number of allylic oxidation sites excluding steroid dienone is 1. The van der Waals surface area contributed by atoms with Crippen LogP contribution in [0.3, 0.4) is 0 Å². The molecule has 1 aromatic carbocycles. The van der Waals surface area contributed by atoms with Crippen molar-refractivity contribution >= 4 is 17.3 Å². The average molecular weight is 286 g/mol. The topological polar surface area (TPSA) is 96.3 Å². The molecule has 0 unspecified atom stereocenters. The highest BCUT2D eigenvalue weighted by Crippen LogP contribution is 2.39. The molecule has 1 aromatic heterocycles. The molecule has 4 N–H and O–H groups in total. The molecule has 0 spiro atoms. The van der Waals surface area contributed by atoms with Crippen LogP contribution in [0, 0.1) is 0 Å². The minimum Gasteiger partial charge on any atom is -0.496 e. The van der Waals surface area contributed by atoms with E-state index in [2.05, 4.69) is 16.5 Å². The summed E-state index contributed by atoms with van der Waals surface area (Å²) in [5.74, 6) is 1.73. The Morgan fingerprint density at radius 3 is 2.14 bits per heavy atom. The van der Waals surface area contributed by atoms with E-state index in [9.17, 15) is 0 Å². The second-order valence-electron chi connectivity index (χ2n) is 4.56. The van der Waals surface area contributed by atoms with Gasteiger partial charge in [-0.3, -0.25) is 0 Å². The summed E-state index contributed by atoms with van der Waals surface area (Å²) in [6.07, 6.45) is 1.58. The Hall–Kier alpha value is -2.76. The summed E-state index contributed by atoms with van der Waals surface area (Å²) in [6, 6.07) is 3.69. The second-order valence-corrected chi connectivity index (χ2v) is 4.56. The fraction of sp³-hybridized carbons (Fsp3) is 0.200. The number of nitrogens with two attached hydrogens (primary N) is 2. The monoisotopic (exact) mass is 286 g/mol. The Morgan fingerprint density at radius 2 is 1.71 bits per heavy atom. The van der Waals surface area contributed by atoms with Crippen LogP contribution in [-0.2, 0) is 0 Å². The molecule has 0 amide bonds. The summed E-state index contributed by atoms with van der Waals surface area (Å²) < 4.78 is 10.9. The molecule has 0 radical (unpaired) electrons. The van der Waals surface area contributed by atoms with E-state index < -0.39 is 0 Å². The zero-order chi connectivity index (χ0) is 15.6. The third-order valence-corrected chi connectivity index (χ3v) is 3.08. The van der Waals surface area contributed by atoms with E-state index in [1.807, 2.05) is 19.1 Å². The normalized spacial score (nSPS) is 10.2. The van der Waals surface area contributed by atoms with Crippen LogP contribution in [0.4, 0.5) is 11.8 Å². The highest BCUT2D eigenvalue weighted by atomic mass is 16.5. The first-order valence-electron chi connectivity index (χ1n) is 6.28. The first-order chi connectivity index (χ1) is 9.97. The molecule has 0 aliphatic carbocycles. The standard InChI is InChI=1S/C15H18N4O2/c1-8(2)13-11(20-3)5-9(6-12(13)21-4)10-7-18-15(17)19-14(10)16/h5-7H,1H2,2-4H3,(H4,16,17,18,19). The number of hydrogen-bond donors (Lipinski definition) is 2. The molecule has 2 rings (SSSR count). The Labute approximate surface area is 123 Å². The minimum atomic E-state index is 0.133. The van der Waals surface area contributed by atoms with Crippen LogP contribution in [-0.4, -0.2) is 24.2 Å². The van der Waals surface area contributed by atoms with Crippen molar-refractivity contribution in [2.45, 2.75) is 6.92 Å². The maximum atomic E-state index is 5.90. The summed E-state index contributed by atoms with van der Waals surface area (Å²) in [6.45, 7) is 5.84.